The zero-order valence-electron chi connectivity index (χ0n) is 16.6. The normalized spacial score (nSPS) is 12.2. The molecule has 0 aliphatic carbocycles. The molecule has 2 N–H and O–H groups in total. The maximum atomic E-state index is 12.3. The van der Waals surface area contributed by atoms with Crippen molar-refractivity contribution in [2.24, 2.45) is 5.92 Å². The molecule has 0 radical (unpaired) electrons. The third kappa shape index (κ3) is 7.44. The lowest BCUT2D eigenvalue weighted by atomic mass is 9.99. The maximum Gasteiger partial charge on any atom is 0.311 e. The van der Waals surface area contributed by atoms with Crippen LogP contribution in [0.2, 0.25) is 5.02 Å². The minimum Gasteiger partial charge on any atom is -0.466 e. The van der Waals surface area contributed by atoms with Crippen molar-refractivity contribution in [2.45, 2.75) is 24.7 Å². The smallest absolute Gasteiger partial charge is 0.311 e. The third-order valence-electron chi connectivity index (χ3n) is 4.26. The van der Waals surface area contributed by atoms with Crippen molar-refractivity contribution >= 4 is 33.5 Å². The Bertz CT molecular complexity index is 951. The zero-order chi connectivity index (χ0) is 22.0. The summed E-state index contributed by atoms with van der Waals surface area (Å²) in [5.74, 6) is -1.29. The highest BCUT2D eigenvalue weighted by Gasteiger charge is 2.22. The molecule has 0 fully saturated rings. The van der Waals surface area contributed by atoms with Gasteiger partial charge >= 0.3 is 5.97 Å². The lowest BCUT2D eigenvalue weighted by molar-refractivity contribution is -0.147. The van der Waals surface area contributed by atoms with Crippen LogP contribution in [0, 0.1) is 5.92 Å². The number of rotatable bonds is 11. The highest BCUT2D eigenvalue weighted by molar-refractivity contribution is 7.89. The van der Waals surface area contributed by atoms with E-state index in [1.807, 2.05) is 30.3 Å². The van der Waals surface area contributed by atoms with Gasteiger partial charge in [-0.05, 0) is 31.0 Å². The minimum absolute atomic E-state index is 0.0442. The Labute approximate surface area is 181 Å². The first-order valence-electron chi connectivity index (χ1n) is 9.55. The molecule has 0 spiro atoms. The number of carbonyl (C=O) groups excluding carboxylic acids is 2. The van der Waals surface area contributed by atoms with Crippen molar-refractivity contribution in [3.8, 4) is 0 Å². The van der Waals surface area contributed by atoms with Crippen molar-refractivity contribution < 1.29 is 22.7 Å². The number of benzene rings is 2. The fourth-order valence-corrected chi connectivity index (χ4v) is 4.31. The Morgan fingerprint density at radius 3 is 2.40 bits per heavy atom. The summed E-state index contributed by atoms with van der Waals surface area (Å²) in [7, 11) is -3.82. The molecule has 0 saturated carbocycles. The number of halogens is 1. The van der Waals surface area contributed by atoms with E-state index in [0.717, 1.165) is 5.56 Å². The highest BCUT2D eigenvalue weighted by atomic mass is 35.5. The van der Waals surface area contributed by atoms with Crippen LogP contribution in [0.3, 0.4) is 0 Å². The number of esters is 1. The predicted octanol–water partition coefficient (Wildman–Crippen LogP) is 2.55. The number of carbonyl (C=O) groups is 2. The summed E-state index contributed by atoms with van der Waals surface area (Å²) in [5.41, 5.74) is 0.956. The van der Waals surface area contributed by atoms with E-state index in [1.165, 1.54) is 12.1 Å². The predicted molar refractivity (Wildman–Crippen MR) is 115 cm³/mol. The lowest BCUT2D eigenvalue weighted by Gasteiger charge is -2.16. The Morgan fingerprint density at radius 2 is 1.73 bits per heavy atom. The molecular weight excluding hydrogens is 428 g/mol. The maximum absolute atomic E-state index is 12.3. The Balaban J connectivity index is 1.86. The van der Waals surface area contributed by atoms with Crippen LogP contribution in [0.5, 0.6) is 0 Å². The van der Waals surface area contributed by atoms with E-state index in [0.29, 0.717) is 6.42 Å². The zero-order valence-corrected chi connectivity index (χ0v) is 18.2. The quantitative estimate of drug-likeness (QED) is 0.510. The first kappa shape index (κ1) is 23.9. The number of ether oxygens (including phenoxy) is 1. The van der Waals surface area contributed by atoms with E-state index in [9.17, 15) is 18.0 Å². The van der Waals surface area contributed by atoms with E-state index < -0.39 is 15.9 Å². The molecule has 0 aromatic heterocycles. The first-order valence-corrected chi connectivity index (χ1v) is 11.4. The van der Waals surface area contributed by atoms with Crippen molar-refractivity contribution in [3.63, 3.8) is 0 Å². The molecule has 0 saturated heterocycles. The molecule has 1 atom stereocenters. The molecule has 0 aliphatic rings. The molecular formula is C21H25ClN2O5S. The van der Waals surface area contributed by atoms with Crippen LogP contribution < -0.4 is 10.0 Å². The van der Waals surface area contributed by atoms with Gasteiger partial charge in [-0.1, -0.05) is 54.1 Å². The van der Waals surface area contributed by atoms with Crippen LogP contribution in [0.4, 0.5) is 0 Å². The summed E-state index contributed by atoms with van der Waals surface area (Å²) in [4.78, 5) is 24.3. The summed E-state index contributed by atoms with van der Waals surface area (Å²) >= 11 is 5.91. The summed E-state index contributed by atoms with van der Waals surface area (Å²) in [6.45, 7) is 1.98. The minimum atomic E-state index is -3.82. The van der Waals surface area contributed by atoms with Crippen LogP contribution >= 0.6 is 11.6 Å². The van der Waals surface area contributed by atoms with Gasteiger partial charge in [0.15, 0.2) is 0 Å². The van der Waals surface area contributed by atoms with Gasteiger partial charge in [-0.2, -0.15) is 0 Å². The van der Waals surface area contributed by atoms with Gasteiger partial charge in [0, 0.05) is 19.5 Å². The van der Waals surface area contributed by atoms with Gasteiger partial charge in [0.2, 0.25) is 15.9 Å². The van der Waals surface area contributed by atoms with Gasteiger partial charge in [-0.15, -0.1) is 0 Å². The van der Waals surface area contributed by atoms with Crippen LogP contribution in [0.15, 0.2) is 59.5 Å². The van der Waals surface area contributed by atoms with Crippen molar-refractivity contribution in [2.75, 3.05) is 19.7 Å². The molecule has 0 heterocycles. The molecule has 9 heteroatoms. The number of hydrogen-bond donors (Lipinski definition) is 2. The van der Waals surface area contributed by atoms with Gasteiger partial charge in [0.1, 0.15) is 4.90 Å². The van der Waals surface area contributed by atoms with Crippen molar-refractivity contribution in [3.05, 3.63) is 65.2 Å². The molecule has 1 unspecified atom stereocenters. The summed E-state index contributed by atoms with van der Waals surface area (Å²) in [6.07, 6.45) is 0.351. The second kappa shape index (κ2) is 11.7. The van der Waals surface area contributed by atoms with Crippen molar-refractivity contribution in [1.82, 2.24) is 10.0 Å². The fraction of sp³-hybridized carbons (Fsp3) is 0.333. The molecule has 1 amide bonds. The van der Waals surface area contributed by atoms with Gasteiger partial charge in [0.25, 0.3) is 0 Å². The number of hydrogen-bond acceptors (Lipinski definition) is 5. The molecule has 0 bridgehead atoms. The standard InChI is InChI=1S/C21H25ClN2O5S/c1-2-29-21(26)17(14-16-8-4-3-5-9-16)15-23-20(25)12-13-24-30(27,28)19-11-7-6-10-18(19)22/h3-11,17,24H,2,12-15H2,1H3,(H,23,25). The Morgan fingerprint density at radius 1 is 1.07 bits per heavy atom. The van der Waals surface area contributed by atoms with E-state index in [2.05, 4.69) is 10.0 Å². The molecule has 2 aromatic rings. The average Bonchev–Trinajstić information content (AvgIpc) is 2.72. The molecule has 2 aromatic carbocycles. The fourth-order valence-electron chi connectivity index (χ4n) is 2.76. The molecule has 30 heavy (non-hydrogen) atoms. The van der Waals surface area contributed by atoms with Crippen LogP contribution in [0.1, 0.15) is 18.9 Å². The monoisotopic (exact) mass is 452 g/mol. The second-order valence-corrected chi connectivity index (χ2v) is 8.66. The average molecular weight is 453 g/mol. The Kier molecular flexibility index (Phi) is 9.29. The van der Waals surface area contributed by atoms with Gasteiger partial charge in [0.05, 0.1) is 17.5 Å². The molecule has 2 rings (SSSR count). The lowest BCUT2D eigenvalue weighted by Crippen LogP contribution is -2.36. The van der Waals surface area contributed by atoms with Crippen LogP contribution in [0.25, 0.3) is 0 Å². The van der Waals surface area contributed by atoms with Crippen LogP contribution in [-0.4, -0.2) is 40.0 Å². The summed E-state index contributed by atoms with van der Waals surface area (Å²) < 4.78 is 32.0. The summed E-state index contributed by atoms with van der Waals surface area (Å²) in [5, 5.41) is 2.78. The molecule has 0 aliphatic heterocycles. The van der Waals surface area contributed by atoms with Gasteiger partial charge < -0.3 is 10.1 Å². The molecule has 7 nitrogen and oxygen atoms in total. The largest absolute Gasteiger partial charge is 0.466 e. The third-order valence-corrected chi connectivity index (χ3v) is 6.22. The van der Waals surface area contributed by atoms with Gasteiger partial charge in [-0.3, -0.25) is 9.59 Å². The first-order chi connectivity index (χ1) is 14.3. The SMILES string of the molecule is CCOC(=O)C(CNC(=O)CCNS(=O)(=O)c1ccccc1Cl)Cc1ccccc1. The highest BCUT2D eigenvalue weighted by Crippen LogP contribution is 2.20. The number of nitrogens with one attached hydrogen (secondary N) is 2. The second-order valence-electron chi connectivity index (χ2n) is 6.52. The van der Waals surface area contributed by atoms with E-state index >= 15 is 0 Å². The Hall–Kier alpha value is -2.42. The van der Waals surface area contributed by atoms with Crippen molar-refractivity contribution in [1.29, 1.82) is 0 Å². The van der Waals surface area contributed by atoms with E-state index in [-0.39, 0.29) is 47.9 Å². The van der Waals surface area contributed by atoms with E-state index in [1.54, 1.807) is 19.1 Å². The molecule has 162 valence electrons. The topological polar surface area (TPSA) is 102 Å². The number of sulfonamides is 1. The number of amides is 1. The van der Waals surface area contributed by atoms with Gasteiger partial charge in [-0.25, -0.2) is 13.1 Å². The summed E-state index contributed by atoms with van der Waals surface area (Å²) in [6, 6.07) is 15.5. The van der Waals surface area contributed by atoms with Crippen LogP contribution in [-0.2, 0) is 30.8 Å². The van der Waals surface area contributed by atoms with E-state index in [4.69, 9.17) is 16.3 Å².